The normalized spacial score (nSPS) is 16.4. The summed E-state index contributed by atoms with van der Waals surface area (Å²) in [5.74, 6) is 0. The average molecular weight is 317 g/mol. The first-order valence-electron chi connectivity index (χ1n) is 5.31. The van der Waals surface area contributed by atoms with Crippen molar-refractivity contribution in [1.82, 2.24) is 15.2 Å². The Hall–Kier alpha value is -0.200. The smallest absolute Gasteiger partial charge is 0.101 e. The van der Waals surface area contributed by atoms with E-state index >= 15 is 0 Å². The van der Waals surface area contributed by atoms with Crippen LogP contribution in [0.3, 0.4) is 0 Å². The van der Waals surface area contributed by atoms with Crippen molar-refractivity contribution in [1.29, 1.82) is 0 Å². The van der Waals surface area contributed by atoms with Crippen LogP contribution in [0.2, 0.25) is 0 Å². The molecule has 0 radical (unpaired) electrons. The van der Waals surface area contributed by atoms with Gasteiger partial charge < -0.3 is 5.32 Å². The summed E-state index contributed by atoms with van der Waals surface area (Å²) in [6.45, 7) is 4.39. The molecule has 0 saturated heterocycles. The molecule has 1 aliphatic heterocycles. The minimum Gasteiger partial charge on any atom is -0.318 e. The number of likely N-dealkylation sites (N-methyl/N-ethyl adjacent to an activating group) is 1. The van der Waals surface area contributed by atoms with E-state index in [1.54, 1.807) is 0 Å². The first-order valence-corrected chi connectivity index (χ1v) is 6.38. The Balaban J connectivity index is 2.03. The zero-order valence-corrected chi connectivity index (χ0v) is 11.1. The molecule has 0 unspecified atom stereocenters. The lowest BCUT2D eigenvalue weighted by molar-refractivity contribution is 0.254. The molecule has 1 aromatic heterocycles. The van der Waals surface area contributed by atoms with Crippen LogP contribution in [0.25, 0.3) is 0 Å². The van der Waals surface area contributed by atoms with Gasteiger partial charge in [-0.05, 0) is 41.3 Å². The van der Waals surface area contributed by atoms with E-state index in [1.165, 1.54) is 11.3 Å². The third kappa shape index (κ3) is 2.89. The van der Waals surface area contributed by atoms with E-state index in [-0.39, 0.29) is 0 Å². The highest BCUT2D eigenvalue weighted by Gasteiger charge is 2.16. The number of hydrogen-bond donors (Lipinski definition) is 1. The van der Waals surface area contributed by atoms with Crippen molar-refractivity contribution in [3.8, 4) is 0 Å². The average Bonchev–Trinajstić information content (AvgIpc) is 2.26. The monoisotopic (exact) mass is 317 g/mol. The molecular weight excluding hydrogens is 301 g/mol. The summed E-state index contributed by atoms with van der Waals surface area (Å²) in [6.07, 6.45) is 1.09. The van der Waals surface area contributed by atoms with Crippen LogP contribution >= 0.6 is 22.6 Å². The Morgan fingerprint density at radius 2 is 2.40 bits per heavy atom. The van der Waals surface area contributed by atoms with Crippen molar-refractivity contribution in [2.24, 2.45) is 0 Å². The molecule has 4 heteroatoms. The number of halogens is 1. The molecule has 1 aromatic rings. The van der Waals surface area contributed by atoms with Gasteiger partial charge in [-0.3, -0.25) is 4.90 Å². The van der Waals surface area contributed by atoms with E-state index in [1.807, 2.05) is 7.05 Å². The van der Waals surface area contributed by atoms with Gasteiger partial charge in [0.25, 0.3) is 0 Å². The van der Waals surface area contributed by atoms with Gasteiger partial charge in [-0.25, -0.2) is 4.98 Å². The van der Waals surface area contributed by atoms with Gasteiger partial charge in [0.05, 0.1) is 0 Å². The number of fused-ring (bicyclic) bond motifs is 1. The van der Waals surface area contributed by atoms with E-state index in [4.69, 9.17) is 0 Å². The molecule has 82 valence electrons. The quantitative estimate of drug-likeness (QED) is 0.672. The largest absolute Gasteiger partial charge is 0.318 e. The van der Waals surface area contributed by atoms with Crippen LogP contribution < -0.4 is 5.32 Å². The van der Waals surface area contributed by atoms with Crippen LogP contribution in [0.1, 0.15) is 11.3 Å². The molecular formula is C11H16IN3. The Labute approximate surface area is 104 Å². The Morgan fingerprint density at radius 3 is 3.20 bits per heavy atom. The number of aromatic nitrogens is 1. The van der Waals surface area contributed by atoms with E-state index in [0.29, 0.717) is 0 Å². The van der Waals surface area contributed by atoms with Gasteiger partial charge in [-0.1, -0.05) is 6.07 Å². The van der Waals surface area contributed by atoms with Crippen molar-refractivity contribution >= 4 is 22.6 Å². The summed E-state index contributed by atoms with van der Waals surface area (Å²) in [4.78, 5) is 7.05. The lowest BCUT2D eigenvalue weighted by Gasteiger charge is -2.27. The zero-order valence-electron chi connectivity index (χ0n) is 8.96. The van der Waals surface area contributed by atoms with Crippen LogP contribution in [-0.2, 0) is 13.0 Å². The third-order valence-corrected chi connectivity index (χ3v) is 3.37. The SMILES string of the molecule is CNCCN1CCc2nc(I)ccc2C1. The summed E-state index contributed by atoms with van der Waals surface area (Å²) in [7, 11) is 2.00. The van der Waals surface area contributed by atoms with Gasteiger partial charge in [0.1, 0.15) is 3.70 Å². The standard InChI is InChI=1S/C11H16IN3/c1-13-5-7-15-6-4-10-9(8-15)2-3-11(12)14-10/h2-3,13H,4-8H2,1H3. The highest BCUT2D eigenvalue weighted by atomic mass is 127. The first kappa shape index (κ1) is 11.3. The van der Waals surface area contributed by atoms with E-state index in [0.717, 1.165) is 36.3 Å². The second-order valence-corrected chi connectivity index (χ2v) is 4.97. The topological polar surface area (TPSA) is 28.2 Å². The van der Waals surface area contributed by atoms with Gasteiger partial charge in [-0.2, -0.15) is 0 Å². The molecule has 0 bridgehead atoms. The van der Waals surface area contributed by atoms with Crippen molar-refractivity contribution in [3.05, 3.63) is 27.1 Å². The highest BCUT2D eigenvalue weighted by molar-refractivity contribution is 14.1. The number of hydrogen-bond acceptors (Lipinski definition) is 3. The fourth-order valence-electron chi connectivity index (χ4n) is 1.91. The Bertz CT molecular complexity index is 341. The van der Waals surface area contributed by atoms with E-state index in [2.05, 4.69) is 49.9 Å². The van der Waals surface area contributed by atoms with E-state index in [9.17, 15) is 0 Å². The predicted molar refractivity (Wildman–Crippen MR) is 69.9 cm³/mol. The second kappa shape index (κ2) is 5.23. The lowest BCUT2D eigenvalue weighted by Crippen LogP contribution is -2.35. The molecule has 0 aliphatic carbocycles. The number of rotatable bonds is 3. The molecule has 0 amide bonds. The fraction of sp³-hybridized carbons (Fsp3) is 0.545. The Morgan fingerprint density at radius 1 is 1.53 bits per heavy atom. The molecule has 2 heterocycles. The second-order valence-electron chi connectivity index (χ2n) is 3.87. The van der Waals surface area contributed by atoms with Gasteiger partial charge in [0.15, 0.2) is 0 Å². The minimum atomic E-state index is 1.06. The number of nitrogens with zero attached hydrogens (tertiary/aromatic N) is 2. The van der Waals surface area contributed by atoms with Gasteiger partial charge in [-0.15, -0.1) is 0 Å². The summed E-state index contributed by atoms with van der Waals surface area (Å²) >= 11 is 2.28. The van der Waals surface area contributed by atoms with Crippen LogP contribution in [0.4, 0.5) is 0 Å². The molecule has 0 aromatic carbocycles. The highest BCUT2D eigenvalue weighted by Crippen LogP contribution is 2.17. The van der Waals surface area contributed by atoms with Crippen LogP contribution in [0.15, 0.2) is 12.1 Å². The van der Waals surface area contributed by atoms with Gasteiger partial charge >= 0.3 is 0 Å². The maximum absolute atomic E-state index is 4.57. The zero-order chi connectivity index (χ0) is 10.7. The maximum Gasteiger partial charge on any atom is 0.101 e. The predicted octanol–water partition coefficient (Wildman–Crippen LogP) is 1.26. The molecule has 3 nitrogen and oxygen atoms in total. The van der Waals surface area contributed by atoms with Crippen molar-refractivity contribution in [3.63, 3.8) is 0 Å². The molecule has 2 rings (SSSR count). The molecule has 0 atom stereocenters. The van der Waals surface area contributed by atoms with E-state index < -0.39 is 0 Å². The minimum absolute atomic E-state index is 1.06. The van der Waals surface area contributed by atoms with Crippen LogP contribution in [0, 0.1) is 3.70 Å². The maximum atomic E-state index is 4.57. The Kier molecular flexibility index (Phi) is 3.93. The molecule has 15 heavy (non-hydrogen) atoms. The summed E-state index contributed by atoms with van der Waals surface area (Å²) in [6, 6.07) is 4.32. The summed E-state index contributed by atoms with van der Waals surface area (Å²) in [5, 5.41) is 3.19. The van der Waals surface area contributed by atoms with Crippen molar-refractivity contribution in [2.45, 2.75) is 13.0 Å². The summed E-state index contributed by atoms with van der Waals surface area (Å²) in [5.41, 5.74) is 2.69. The molecule has 1 aliphatic rings. The van der Waals surface area contributed by atoms with Crippen LogP contribution in [0.5, 0.6) is 0 Å². The first-order chi connectivity index (χ1) is 7.29. The van der Waals surface area contributed by atoms with Gasteiger partial charge in [0.2, 0.25) is 0 Å². The number of pyridine rings is 1. The van der Waals surface area contributed by atoms with Crippen LogP contribution in [-0.4, -0.2) is 36.6 Å². The number of nitrogens with one attached hydrogen (secondary N) is 1. The van der Waals surface area contributed by atoms with Crippen molar-refractivity contribution < 1.29 is 0 Å². The molecule has 0 saturated carbocycles. The molecule has 1 N–H and O–H groups in total. The summed E-state index contributed by atoms with van der Waals surface area (Å²) < 4.78 is 1.11. The fourth-order valence-corrected chi connectivity index (χ4v) is 2.38. The third-order valence-electron chi connectivity index (χ3n) is 2.77. The molecule has 0 fully saturated rings. The lowest BCUT2D eigenvalue weighted by atomic mass is 10.1. The van der Waals surface area contributed by atoms with Crippen molar-refractivity contribution in [2.75, 3.05) is 26.7 Å². The molecule has 0 spiro atoms. The van der Waals surface area contributed by atoms with Gasteiger partial charge in [0, 0.05) is 38.3 Å².